The minimum absolute atomic E-state index is 0.199. The van der Waals surface area contributed by atoms with Crippen LogP contribution < -0.4 is 5.73 Å². The quantitative estimate of drug-likeness (QED) is 0.685. The van der Waals surface area contributed by atoms with Crippen LogP contribution in [0.1, 0.15) is 25.1 Å². The topological polar surface area (TPSA) is 51.8 Å². The first-order valence-corrected chi connectivity index (χ1v) is 7.12. The molecule has 0 atom stereocenters. The maximum absolute atomic E-state index is 5.94. The van der Waals surface area contributed by atoms with Gasteiger partial charge in [-0.25, -0.2) is 4.98 Å². The molecule has 3 nitrogen and oxygen atoms in total. The third kappa shape index (κ3) is 3.39. The van der Waals surface area contributed by atoms with Gasteiger partial charge in [0.05, 0.1) is 10.4 Å². The first-order chi connectivity index (χ1) is 8.88. The molecule has 0 fully saturated rings. The highest BCUT2D eigenvalue weighted by Gasteiger charge is 2.26. The number of hydrogen-bond acceptors (Lipinski definition) is 4. The summed E-state index contributed by atoms with van der Waals surface area (Å²) in [7, 11) is 0. The Bertz CT molecular complexity index is 579. The number of hydrogen-bond donors (Lipinski definition) is 1. The van der Waals surface area contributed by atoms with Gasteiger partial charge in [0.25, 0.3) is 0 Å². The molecule has 0 aliphatic carbocycles. The summed E-state index contributed by atoms with van der Waals surface area (Å²) in [5.41, 5.74) is 8.62. The van der Waals surface area contributed by atoms with Crippen molar-refractivity contribution in [2.75, 3.05) is 5.73 Å². The second-order valence-corrected chi connectivity index (χ2v) is 6.87. The third-order valence-electron chi connectivity index (χ3n) is 2.73. The largest absolute Gasteiger partial charge is 0.399 e. The Kier molecular flexibility index (Phi) is 4.02. The van der Waals surface area contributed by atoms with Crippen LogP contribution in [0.15, 0.2) is 35.5 Å². The van der Waals surface area contributed by atoms with Crippen LogP contribution in [0, 0.1) is 6.92 Å². The second kappa shape index (κ2) is 5.39. The van der Waals surface area contributed by atoms with E-state index in [1.165, 1.54) is 0 Å². The van der Waals surface area contributed by atoms with Gasteiger partial charge >= 0.3 is 0 Å². The summed E-state index contributed by atoms with van der Waals surface area (Å²) in [5.74, 6) is 0. The van der Waals surface area contributed by atoms with Crippen molar-refractivity contribution in [1.82, 2.24) is 9.97 Å². The van der Waals surface area contributed by atoms with E-state index in [0.29, 0.717) is 10.8 Å². The van der Waals surface area contributed by atoms with Crippen LogP contribution in [0.4, 0.5) is 5.69 Å². The fourth-order valence-electron chi connectivity index (χ4n) is 1.97. The summed E-state index contributed by atoms with van der Waals surface area (Å²) >= 11 is 7.54. The van der Waals surface area contributed by atoms with Gasteiger partial charge in [0.1, 0.15) is 10.2 Å². The number of thioether (sulfide) groups is 1. The van der Waals surface area contributed by atoms with E-state index < -0.39 is 0 Å². The molecular weight excluding hydrogens is 278 g/mol. The maximum Gasteiger partial charge on any atom is 0.132 e. The standard InChI is InChI=1S/C14H16ClN3S/c1-9-5-4-6-17-13(9)14(2,3)19-12-8-10(16)7-11(15)18-12/h4-8H,1-3H3,(H2,16,18). The van der Waals surface area contributed by atoms with Crippen molar-refractivity contribution in [2.45, 2.75) is 30.5 Å². The van der Waals surface area contributed by atoms with Crippen LogP contribution in [0.3, 0.4) is 0 Å². The van der Waals surface area contributed by atoms with Crippen LogP contribution >= 0.6 is 23.4 Å². The normalized spacial score (nSPS) is 11.6. The molecule has 0 saturated heterocycles. The molecule has 2 heterocycles. The van der Waals surface area contributed by atoms with E-state index in [1.54, 1.807) is 17.8 Å². The summed E-state index contributed by atoms with van der Waals surface area (Å²) < 4.78 is -0.199. The summed E-state index contributed by atoms with van der Waals surface area (Å²) in [6, 6.07) is 7.47. The number of aryl methyl sites for hydroxylation is 1. The predicted molar refractivity (Wildman–Crippen MR) is 81.5 cm³/mol. The SMILES string of the molecule is Cc1cccnc1C(C)(C)Sc1cc(N)cc(Cl)n1. The van der Waals surface area contributed by atoms with Crippen LogP contribution in [-0.2, 0) is 4.75 Å². The lowest BCUT2D eigenvalue weighted by Crippen LogP contribution is -2.16. The Morgan fingerprint density at radius 1 is 1.32 bits per heavy atom. The van der Waals surface area contributed by atoms with Crippen molar-refractivity contribution in [2.24, 2.45) is 0 Å². The maximum atomic E-state index is 5.94. The molecule has 0 bridgehead atoms. The van der Waals surface area contributed by atoms with Crippen molar-refractivity contribution in [1.29, 1.82) is 0 Å². The van der Waals surface area contributed by atoms with Crippen molar-refractivity contribution >= 4 is 29.1 Å². The molecular formula is C14H16ClN3S. The van der Waals surface area contributed by atoms with Crippen molar-refractivity contribution in [3.05, 3.63) is 46.9 Å². The molecule has 0 aromatic carbocycles. The molecule has 0 radical (unpaired) electrons. The molecule has 2 aromatic rings. The Balaban J connectivity index is 2.33. The lowest BCUT2D eigenvalue weighted by Gasteiger charge is -2.24. The number of nitrogen functional groups attached to an aromatic ring is 1. The van der Waals surface area contributed by atoms with E-state index in [9.17, 15) is 0 Å². The molecule has 5 heteroatoms. The first kappa shape index (κ1) is 14.2. The summed E-state index contributed by atoms with van der Waals surface area (Å²) in [5, 5.41) is 1.22. The first-order valence-electron chi connectivity index (χ1n) is 5.92. The minimum Gasteiger partial charge on any atom is -0.399 e. The van der Waals surface area contributed by atoms with Gasteiger partial charge in [-0.1, -0.05) is 29.4 Å². The number of pyridine rings is 2. The van der Waals surface area contributed by atoms with E-state index in [-0.39, 0.29) is 4.75 Å². The van der Waals surface area contributed by atoms with Crippen LogP contribution in [0.5, 0.6) is 0 Å². The highest BCUT2D eigenvalue weighted by Crippen LogP contribution is 2.40. The van der Waals surface area contributed by atoms with Crippen molar-refractivity contribution in [3.8, 4) is 0 Å². The molecule has 2 aromatic heterocycles. The average Bonchev–Trinajstić information content (AvgIpc) is 2.26. The van der Waals surface area contributed by atoms with Gasteiger partial charge in [0, 0.05) is 11.9 Å². The number of anilines is 1. The number of aromatic nitrogens is 2. The van der Waals surface area contributed by atoms with E-state index in [0.717, 1.165) is 16.3 Å². The van der Waals surface area contributed by atoms with Gasteiger partial charge in [-0.15, -0.1) is 0 Å². The molecule has 0 aliphatic rings. The molecule has 19 heavy (non-hydrogen) atoms. The molecule has 0 saturated carbocycles. The van der Waals surface area contributed by atoms with Gasteiger partial charge in [-0.2, -0.15) is 0 Å². The smallest absolute Gasteiger partial charge is 0.132 e. The number of nitrogens with two attached hydrogens (primary N) is 1. The zero-order chi connectivity index (χ0) is 14.0. The summed E-state index contributed by atoms with van der Waals surface area (Å²) in [6.45, 7) is 6.29. The molecule has 100 valence electrons. The number of halogens is 1. The highest BCUT2D eigenvalue weighted by molar-refractivity contribution is 8.00. The van der Waals surface area contributed by atoms with Crippen LogP contribution in [0.25, 0.3) is 0 Å². The summed E-state index contributed by atoms with van der Waals surface area (Å²) in [4.78, 5) is 8.77. The van der Waals surface area contributed by atoms with E-state index in [1.807, 2.05) is 18.3 Å². The van der Waals surface area contributed by atoms with Crippen molar-refractivity contribution < 1.29 is 0 Å². The van der Waals surface area contributed by atoms with Gasteiger partial charge in [0.15, 0.2) is 0 Å². The number of nitrogens with zero attached hydrogens (tertiary/aromatic N) is 2. The van der Waals surface area contributed by atoms with E-state index in [2.05, 4.69) is 36.8 Å². The molecule has 0 aliphatic heterocycles. The molecule has 0 spiro atoms. The Morgan fingerprint density at radius 3 is 2.68 bits per heavy atom. The Morgan fingerprint density at radius 2 is 2.05 bits per heavy atom. The average molecular weight is 294 g/mol. The predicted octanol–water partition coefficient (Wildman–Crippen LogP) is 4.05. The zero-order valence-corrected chi connectivity index (χ0v) is 12.7. The lowest BCUT2D eigenvalue weighted by molar-refractivity contribution is 0.735. The lowest BCUT2D eigenvalue weighted by atomic mass is 10.0. The molecule has 2 N–H and O–H groups in total. The number of rotatable bonds is 3. The van der Waals surface area contributed by atoms with E-state index in [4.69, 9.17) is 17.3 Å². The van der Waals surface area contributed by atoms with Crippen molar-refractivity contribution in [3.63, 3.8) is 0 Å². The van der Waals surface area contributed by atoms with Gasteiger partial charge in [-0.05, 0) is 44.5 Å². The fourth-order valence-corrected chi connectivity index (χ4v) is 3.41. The van der Waals surface area contributed by atoms with Gasteiger partial charge < -0.3 is 5.73 Å². The molecule has 0 amide bonds. The molecule has 2 rings (SSSR count). The van der Waals surface area contributed by atoms with Gasteiger partial charge in [-0.3, -0.25) is 4.98 Å². The van der Waals surface area contributed by atoms with E-state index >= 15 is 0 Å². The second-order valence-electron chi connectivity index (χ2n) is 4.84. The Labute approximate surface area is 122 Å². The monoisotopic (exact) mass is 293 g/mol. The zero-order valence-electron chi connectivity index (χ0n) is 11.1. The van der Waals surface area contributed by atoms with Gasteiger partial charge in [0.2, 0.25) is 0 Å². The summed E-state index contributed by atoms with van der Waals surface area (Å²) in [6.07, 6.45) is 1.81. The van der Waals surface area contributed by atoms with Crippen LogP contribution in [0.2, 0.25) is 5.15 Å². The highest BCUT2D eigenvalue weighted by atomic mass is 35.5. The Hall–Kier alpha value is -1.26. The molecule has 0 unspecified atom stereocenters. The third-order valence-corrected chi connectivity index (χ3v) is 4.05. The van der Waals surface area contributed by atoms with Crippen LogP contribution in [-0.4, -0.2) is 9.97 Å². The minimum atomic E-state index is -0.199. The fraction of sp³-hybridized carbons (Fsp3) is 0.286.